The highest BCUT2D eigenvalue weighted by atomic mass is 16.6. The molecule has 1 aromatic carbocycles. The van der Waals surface area contributed by atoms with Crippen molar-refractivity contribution in [2.45, 2.75) is 91.1 Å². The van der Waals surface area contributed by atoms with Gasteiger partial charge in [-0.3, -0.25) is 4.79 Å². The topological polar surface area (TPSA) is 120 Å². The molecule has 0 bridgehead atoms. The molecule has 10 heteroatoms. The molecule has 1 atom stereocenters. The Morgan fingerprint density at radius 3 is 1.91 bits per heavy atom. The first-order valence-corrected chi connectivity index (χ1v) is 11.3. The Labute approximate surface area is 206 Å². The first kappa shape index (κ1) is 27.9. The molecular formula is C25H36N2O8. The summed E-state index contributed by atoms with van der Waals surface area (Å²) in [6, 6.07) is 4.74. The van der Waals surface area contributed by atoms with E-state index in [1.165, 1.54) is 13.2 Å². The molecule has 0 radical (unpaired) electrons. The molecule has 35 heavy (non-hydrogen) atoms. The van der Waals surface area contributed by atoms with Crippen molar-refractivity contribution < 1.29 is 38.1 Å². The van der Waals surface area contributed by atoms with Crippen LogP contribution in [0.25, 0.3) is 0 Å². The predicted molar refractivity (Wildman–Crippen MR) is 127 cm³/mol. The minimum atomic E-state index is -2.28. The zero-order chi connectivity index (χ0) is 27.0. The number of ether oxygens (including phenoxy) is 4. The van der Waals surface area contributed by atoms with Gasteiger partial charge in [0, 0.05) is 12.0 Å². The molecule has 0 aliphatic heterocycles. The number of hydrazine groups is 1. The summed E-state index contributed by atoms with van der Waals surface area (Å²) >= 11 is 0. The highest BCUT2D eigenvalue weighted by Gasteiger charge is 2.61. The second-order valence-electron chi connectivity index (χ2n) is 11.3. The molecule has 1 aliphatic rings. The van der Waals surface area contributed by atoms with Crippen LogP contribution in [-0.4, -0.2) is 58.4 Å². The number of nitrogens with one attached hydrogen (secondary N) is 1. The van der Waals surface area contributed by atoms with Gasteiger partial charge in [0.1, 0.15) is 22.6 Å². The SMILES string of the molecule is COc1ccc2c(c1)C(=O)[C@@](C(=O)OC(C)(C)C)(N(NC(=O)OC(C)(C)C)C(=O)OC(C)(C)C)C2. The van der Waals surface area contributed by atoms with Gasteiger partial charge in [-0.1, -0.05) is 6.07 Å². The highest BCUT2D eigenvalue weighted by Crippen LogP contribution is 2.38. The predicted octanol–water partition coefficient (Wildman–Crippen LogP) is 4.19. The number of esters is 1. The van der Waals surface area contributed by atoms with Crippen LogP contribution in [0.4, 0.5) is 9.59 Å². The smallest absolute Gasteiger partial charge is 0.430 e. The van der Waals surface area contributed by atoms with Crippen LogP contribution >= 0.6 is 0 Å². The number of rotatable bonds is 3. The molecule has 1 aromatic rings. The summed E-state index contributed by atoms with van der Waals surface area (Å²) in [6.07, 6.45) is -2.43. The monoisotopic (exact) mass is 492 g/mol. The number of benzene rings is 1. The van der Waals surface area contributed by atoms with Gasteiger partial charge in [0.05, 0.1) is 7.11 Å². The first-order valence-electron chi connectivity index (χ1n) is 11.3. The summed E-state index contributed by atoms with van der Waals surface area (Å²) < 4.78 is 21.6. The third kappa shape index (κ3) is 6.64. The van der Waals surface area contributed by atoms with Crippen molar-refractivity contribution in [3.63, 3.8) is 0 Å². The maximum atomic E-state index is 13.9. The molecule has 0 saturated heterocycles. The molecule has 0 aromatic heterocycles. The molecule has 194 valence electrons. The number of amides is 2. The normalized spacial score (nSPS) is 17.8. The molecule has 0 unspecified atom stereocenters. The fourth-order valence-corrected chi connectivity index (χ4v) is 3.42. The summed E-state index contributed by atoms with van der Waals surface area (Å²) in [4.78, 5) is 53.7. The molecule has 1 N–H and O–H groups in total. The first-order chi connectivity index (χ1) is 15.8. The van der Waals surface area contributed by atoms with Gasteiger partial charge in [-0.05, 0) is 80.0 Å². The van der Waals surface area contributed by atoms with Crippen molar-refractivity contribution in [3.8, 4) is 5.75 Å². The van der Waals surface area contributed by atoms with Crippen LogP contribution in [0.2, 0.25) is 0 Å². The molecule has 1 aliphatic carbocycles. The average molecular weight is 493 g/mol. The van der Waals surface area contributed by atoms with Gasteiger partial charge in [0.2, 0.25) is 11.3 Å². The van der Waals surface area contributed by atoms with Gasteiger partial charge in [-0.25, -0.2) is 19.8 Å². The van der Waals surface area contributed by atoms with Crippen LogP contribution in [0.3, 0.4) is 0 Å². The van der Waals surface area contributed by atoms with Gasteiger partial charge in [0.15, 0.2) is 0 Å². The molecule has 0 heterocycles. The Hall–Kier alpha value is -3.30. The van der Waals surface area contributed by atoms with E-state index in [1.807, 2.05) is 0 Å². The van der Waals surface area contributed by atoms with E-state index in [0.717, 1.165) is 0 Å². The Kier molecular flexibility index (Phi) is 7.50. The van der Waals surface area contributed by atoms with E-state index >= 15 is 0 Å². The van der Waals surface area contributed by atoms with Crippen molar-refractivity contribution in [1.29, 1.82) is 0 Å². The Balaban J connectivity index is 2.70. The van der Waals surface area contributed by atoms with Crippen molar-refractivity contribution in [1.82, 2.24) is 10.4 Å². The lowest BCUT2D eigenvalue weighted by molar-refractivity contribution is -0.167. The summed E-state index contributed by atoms with van der Waals surface area (Å²) in [7, 11) is 1.44. The van der Waals surface area contributed by atoms with Crippen LogP contribution in [0, 0.1) is 0 Å². The van der Waals surface area contributed by atoms with Gasteiger partial charge < -0.3 is 18.9 Å². The Morgan fingerprint density at radius 2 is 1.43 bits per heavy atom. The van der Waals surface area contributed by atoms with Gasteiger partial charge in [-0.15, -0.1) is 0 Å². The lowest BCUT2D eigenvalue weighted by Crippen LogP contribution is -2.68. The van der Waals surface area contributed by atoms with Gasteiger partial charge in [-0.2, -0.15) is 5.01 Å². The van der Waals surface area contributed by atoms with Crippen LogP contribution in [0.1, 0.15) is 78.2 Å². The van der Waals surface area contributed by atoms with Crippen molar-refractivity contribution >= 4 is 23.9 Å². The number of carbonyl (C=O) groups excluding carboxylic acids is 4. The fraction of sp³-hybridized carbons (Fsp3) is 0.600. The number of ketones is 1. The highest BCUT2D eigenvalue weighted by molar-refractivity contribution is 6.21. The second-order valence-corrected chi connectivity index (χ2v) is 11.3. The second kappa shape index (κ2) is 9.39. The molecule has 0 fully saturated rings. The Bertz CT molecular complexity index is 1010. The van der Waals surface area contributed by atoms with Gasteiger partial charge >= 0.3 is 18.2 Å². The fourth-order valence-electron chi connectivity index (χ4n) is 3.42. The number of hydrogen-bond acceptors (Lipinski definition) is 8. The number of Topliss-reactive ketones (excluding diaryl/α,β-unsaturated/α-hetero) is 1. The van der Waals surface area contributed by atoms with Gasteiger partial charge in [0.25, 0.3) is 0 Å². The molecule has 2 rings (SSSR count). The standard InChI is InChI=1S/C25H36N2O8/c1-22(2,3)33-19(29)25(14-15-11-12-16(32-10)13-17(15)18(25)28)27(21(31)35-24(7,8)9)26-20(30)34-23(4,5)6/h11-13H,14H2,1-10H3,(H,26,30)/t25-/m0/s1. The molecular weight excluding hydrogens is 456 g/mol. The van der Waals surface area contributed by atoms with Crippen LogP contribution < -0.4 is 10.2 Å². The molecule has 10 nitrogen and oxygen atoms in total. The number of fused-ring (bicyclic) bond motifs is 1. The minimum absolute atomic E-state index is 0.162. The van der Waals surface area contributed by atoms with E-state index in [0.29, 0.717) is 16.3 Å². The third-order valence-corrected chi connectivity index (χ3v) is 4.68. The Morgan fingerprint density at radius 1 is 0.886 bits per heavy atom. The summed E-state index contributed by atoms with van der Waals surface area (Å²) in [5.41, 5.74) is -2.28. The van der Waals surface area contributed by atoms with E-state index < -0.39 is 46.3 Å². The minimum Gasteiger partial charge on any atom is -0.497 e. The van der Waals surface area contributed by atoms with E-state index in [4.69, 9.17) is 18.9 Å². The number of methoxy groups -OCH3 is 1. The number of carbonyl (C=O) groups is 4. The lowest BCUT2D eigenvalue weighted by Gasteiger charge is -2.39. The van der Waals surface area contributed by atoms with E-state index in [1.54, 1.807) is 74.4 Å². The van der Waals surface area contributed by atoms with Crippen molar-refractivity contribution in [2.75, 3.05) is 7.11 Å². The van der Waals surface area contributed by atoms with Crippen molar-refractivity contribution in [3.05, 3.63) is 29.3 Å². The largest absolute Gasteiger partial charge is 0.497 e. The molecule has 0 saturated carbocycles. The zero-order valence-corrected chi connectivity index (χ0v) is 22.2. The average Bonchev–Trinajstić information content (AvgIpc) is 2.95. The van der Waals surface area contributed by atoms with Crippen LogP contribution in [0.5, 0.6) is 5.75 Å². The van der Waals surface area contributed by atoms with E-state index in [-0.39, 0.29) is 12.0 Å². The summed E-state index contributed by atoms with van der Waals surface area (Å²) in [5.74, 6) is -1.38. The molecule has 2 amide bonds. The third-order valence-electron chi connectivity index (χ3n) is 4.68. The van der Waals surface area contributed by atoms with E-state index in [9.17, 15) is 19.2 Å². The quantitative estimate of drug-likeness (QED) is 0.289. The zero-order valence-electron chi connectivity index (χ0n) is 22.2. The molecule has 0 spiro atoms. The van der Waals surface area contributed by atoms with Crippen molar-refractivity contribution in [2.24, 2.45) is 0 Å². The number of hydrogen-bond donors (Lipinski definition) is 1. The summed E-state index contributed by atoms with van der Waals surface area (Å²) in [6.45, 7) is 14.7. The van der Waals surface area contributed by atoms with E-state index in [2.05, 4.69) is 5.43 Å². The number of nitrogens with zero attached hydrogens (tertiary/aromatic N) is 1. The maximum Gasteiger partial charge on any atom is 0.430 e. The summed E-state index contributed by atoms with van der Waals surface area (Å²) in [5, 5.41) is 0.592. The maximum absolute atomic E-state index is 13.9. The van der Waals surface area contributed by atoms with Crippen LogP contribution in [0.15, 0.2) is 18.2 Å². The van der Waals surface area contributed by atoms with Crippen LogP contribution in [-0.2, 0) is 25.4 Å². The lowest BCUT2D eigenvalue weighted by atomic mass is 9.93.